The Morgan fingerprint density at radius 1 is 0.224 bits per heavy atom. The van der Waals surface area contributed by atoms with Crippen molar-refractivity contribution in [2.24, 2.45) is 0 Å². The van der Waals surface area contributed by atoms with Crippen LogP contribution in [0.25, 0.3) is 120 Å². The fourth-order valence-electron chi connectivity index (χ4n) is 11.6. The lowest BCUT2D eigenvalue weighted by Gasteiger charge is -2.26. The summed E-state index contributed by atoms with van der Waals surface area (Å²) < 4.78 is 7.44. The molecule has 0 aliphatic rings. The molecule has 15 rings (SSSR count). The van der Waals surface area contributed by atoms with Crippen molar-refractivity contribution in [3.63, 3.8) is 0 Å². The molecule has 0 atom stereocenters. The van der Waals surface area contributed by atoms with Gasteiger partial charge in [-0.15, -0.1) is 11.3 Å². The highest BCUT2D eigenvalue weighted by atomic mass is 32.1. The topological polar surface area (TPSA) is 13.1 Å². The average Bonchev–Trinajstić information content (AvgIpc) is 4.17. The van der Waals surface area contributed by atoms with E-state index in [4.69, 9.17) is 0 Å². The lowest BCUT2D eigenvalue weighted by molar-refractivity contribution is 1.17. The highest BCUT2D eigenvalue weighted by Crippen LogP contribution is 2.44. The standard InChI is InChI=1S/C72H47N3S/c1-5-15-48(16-6-1)52-25-38-67-62(43-52)63-44-53(49-17-7-2-8-18-49)26-39-68(63)74(67)58-33-29-56(30-34-58)73(60-37-42-72-66(47-60)61-23-13-14-24-71(61)76-72)57-31-35-59(36-32-57)75-69-40-27-54(50-19-9-3-10-20-50)45-64(69)65-46-55(28-41-70(65)75)51-21-11-4-12-22-51/h1-47H. The van der Waals surface area contributed by atoms with Gasteiger partial charge in [0.15, 0.2) is 0 Å². The number of hydrogen-bond acceptors (Lipinski definition) is 2. The van der Waals surface area contributed by atoms with Gasteiger partial charge in [-0.25, -0.2) is 0 Å². The summed E-state index contributed by atoms with van der Waals surface area (Å²) in [6, 6.07) is 105. The van der Waals surface area contributed by atoms with Crippen molar-refractivity contribution in [3.05, 3.63) is 285 Å². The zero-order valence-corrected chi connectivity index (χ0v) is 42.2. The van der Waals surface area contributed by atoms with Gasteiger partial charge < -0.3 is 14.0 Å². The number of anilines is 3. The third-order valence-electron chi connectivity index (χ3n) is 15.3. The van der Waals surface area contributed by atoms with Gasteiger partial charge in [0, 0.05) is 70.2 Å². The molecule has 0 saturated carbocycles. The van der Waals surface area contributed by atoms with Crippen LogP contribution in [0.3, 0.4) is 0 Å². The summed E-state index contributed by atoms with van der Waals surface area (Å²) in [4.78, 5) is 2.41. The predicted molar refractivity (Wildman–Crippen MR) is 324 cm³/mol. The molecule has 4 heteroatoms. The van der Waals surface area contributed by atoms with E-state index in [0.29, 0.717) is 0 Å². The van der Waals surface area contributed by atoms with Crippen LogP contribution in [0.2, 0.25) is 0 Å². The third kappa shape index (κ3) is 7.41. The molecule has 0 aliphatic carbocycles. The average molecular weight is 986 g/mol. The maximum absolute atomic E-state index is 2.43. The van der Waals surface area contributed by atoms with Gasteiger partial charge in [-0.05, 0) is 166 Å². The molecule has 0 spiro atoms. The number of aromatic nitrogens is 2. The van der Waals surface area contributed by atoms with Crippen molar-refractivity contribution in [2.45, 2.75) is 0 Å². The van der Waals surface area contributed by atoms with E-state index in [1.807, 2.05) is 11.3 Å². The molecule has 76 heavy (non-hydrogen) atoms. The summed E-state index contributed by atoms with van der Waals surface area (Å²) in [6.07, 6.45) is 0. The first kappa shape index (κ1) is 43.8. The van der Waals surface area contributed by atoms with Gasteiger partial charge in [-0.1, -0.05) is 164 Å². The second-order valence-corrected chi connectivity index (χ2v) is 20.8. The zero-order chi connectivity index (χ0) is 50.1. The zero-order valence-electron chi connectivity index (χ0n) is 41.4. The molecule has 0 fully saturated rings. The van der Waals surface area contributed by atoms with Gasteiger partial charge in [0.25, 0.3) is 0 Å². The fraction of sp³-hybridized carbons (Fsp3) is 0. The van der Waals surface area contributed by atoms with Gasteiger partial charge >= 0.3 is 0 Å². The Balaban J connectivity index is 0.870. The second kappa shape index (κ2) is 18.0. The van der Waals surface area contributed by atoms with Crippen LogP contribution >= 0.6 is 11.3 Å². The van der Waals surface area contributed by atoms with E-state index in [-0.39, 0.29) is 0 Å². The van der Waals surface area contributed by atoms with Crippen LogP contribution in [0.4, 0.5) is 17.1 Å². The Morgan fingerprint density at radius 2 is 0.553 bits per heavy atom. The number of hydrogen-bond donors (Lipinski definition) is 0. The minimum Gasteiger partial charge on any atom is -0.310 e. The van der Waals surface area contributed by atoms with Crippen molar-refractivity contribution in [1.29, 1.82) is 0 Å². The van der Waals surface area contributed by atoms with Crippen molar-refractivity contribution in [1.82, 2.24) is 9.13 Å². The maximum Gasteiger partial charge on any atom is 0.0541 e. The van der Waals surface area contributed by atoms with Gasteiger partial charge in [-0.3, -0.25) is 0 Å². The highest BCUT2D eigenvalue weighted by molar-refractivity contribution is 7.25. The van der Waals surface area contributed by atoms with Crippen LogP contribution in [0, 0.1) is 0 Å². The molecule has 0 N–H and O–H groups in total. The Hall–Kier alpha value is -9.74. The quantitative estimate of drug-likeness (QED) is 0.140. The van der Waals surface area contributed by atoms with Gasteiger partial charge in [0.05, 0.1) is 22.1 Å². The van der Waals surface area contributed by atoms with Gasteiger partial charge in [-0.2, -0.15) is 0 Å². The molecule has 3 nitrogen and oxygen atoms in total. The fourth-order valence-corrected chi connectivity index (χ4v) is 12.7. The predicted octanol–water partition coefficient (Wildman–Crippen LogP) is 20.4. The molecule has 3 aromatic heterocycles. The lowest BCUT2D eigenvalue weighted by Crippen LogP contribution is -2.10. The van der Waals surface area contributed by atoms with Crippen LogP contribution in [-0.4, -0.2) is 9.13 Å². The molecule has 0 unspecified atom stereocenters. The Bertz CT molecular complexity index is 4210. The Kier molecular flexibility index (Phi) is 10.4. The Morgan fingerprint density at radius 3 is 0.934 bits per heavy atom. The first-order valence-corrected chi connectivity index (χ1v) is 26.8. The SMILES string of the molecule is c1ccc(-c2ccc3c(c2)c2cc(-c4ccccc4)ccc2n3-c2ccc(N(c3ccc(-n4c5ccc(-c6ccccc6)cc5c5cc(-c6ccccc6)ccc54)cc3)c3ccc4sc5ccccc5c4c3)cc2)cc1. The largest absolute Gasteiger partial charge is 0.310 e. The molecule has 0 radical (unpaired) electrons. The molecule has 12 aromatic carbocycles. The number of benzene rings is 12. The van der Waals surface area contributed by atoms with Crippen molar-refractivity contribution < 1.29 is 0 Å². The first-order valence-electron chi connectivity index (χ1n) is 26.0. The minimum atomic E-state index is 1.08. The van der Waals surface area contributed by atoms with Crippen LogP contribution in [0.15, 0.2) is 285 Å². The number of rotatable bonds is 9. The van der Waals surface area contributed by atoms with Crippen molar-refractivity contribution >= 4 is 92.2 Å². The molecule has 0 aliphatic heterocycles. The molecular weight excluding hydrogens is 939 g/mol. The summed E-state index contributed by atoms with van der Waals surface area (Å²) in [6.45, 7) is 0. The van der Waals surface area contributed by atoms with Crippen LogP contribution < -0.4 is 4.90 Å². The summed E-state index contributed by atoms with van der Waals surface area (Å²) >= 11 is 1.85. The van der Waals surface area contributed by atoms with E-state index in [0.717, 1.165) is 28.4 Å². The second-order valence-electron chi connectivity index (χ2n) is 19.7. The number of thiophene rings is 1. The number of fused-ring (bicyclic) bond motifs is 9. The Labute approximate surface area is 444 Å². The third-order valence-corrected chi connectivity index (χ3v) is 16.5. The summed E-state index contributed by atoms with van der Waals surface area (Å²) in [5.74, 6) is 0. The van der Waals surface area contributed by atoms with E-state index < -0.39 is 0 Å². The normalized spacial score (nSPS) is 11.7. The molecule has 3 heterocycles. The van der Waals surface area contributed by atoms with Gasteiger partial charge in [0.1, 0.15) is 0 Å². The van der Waals surface area contributed by atoms with E-state index in [1.165, 1.54) is 108 Å². The molecule has 356 valence electrons. The first-order chi connectivity index (χ1) is 37.7. The maximum atomic E-state index is 2.43. The molecule has 0 amide bonds. The summed E-state index contributed by atoms with van der Waals surface area (Å²) in [7, 11) is 0. The van der Waals surface area contributed by atoms with E-state index in [2.05, 4.69) is 299 Å². The molecular formula is C72H47N3S. The van der Waals surface area contributed by atoms with Gasteiger partial charge in [0.2, 0.25) is 0 Å². The summed E-state index contributed by atoms with van der Waals surface area (Å²) in [5.41, 5.74) is 19.8. The van der Waals surface area contributed by atoms with E-state index in [9.17, 15) is 0 Å². The van der Waals surface area contributed by atoms with Crippen molar-refractivity contribution in [3.8, 4) is 55.9 Å². The molecule has 0 bridgehead atoms. The van der Waals surface area contributed by atoms with Crippen LogP contribution in [0.1, 0.15) is 0 Å². The number of nitrogens with zero attached hydrogens (tertiary/aromatic N) is 3. The van der Waals surface area contributed by atoms with E-state index in [1.54, 1.807) is 0 Å². The molecule has 15 aromatic rings. The summed E-state index contributed by atoms with van der Waals surface area (Å²) in [5, 5.41) is 7.46. The molecule has 0 saturated heterocycles. The van der Waals surface area contributed by atoms with Crippen LogP contribution in [-0.2, 0) is 0 Å². The van der Waals surface area contributed by atoms with Crippen molar-refractivity contribution in [2.75, 3.05) is 4.90 Å². The minimum absolute atomic E-state index is 1.08. The smallest absolute Gasteiger partial charge is 0.0541 e. The monoisotopic (exact) mass is 985 g/mol. The van der Waals surface area contributed by atoms with Crippen LogP contribution in [0.5, 0.6) is 0 Å². The van der Waals surface area contributed by atoms with E-state index >= 15 is 0 Å². The highest BCUT2D eigenvalue weighted by Gasteiger charge is 2.20. The lowest BCUT2D eigenvalue weighted by atomic mass is 10.0.